The molecule has 2 N–H and O–H groups in total. The van der Waals surface area contributed by atoms with Crippen molar-refractivity contribution in [1.82, 2.24) is 14.9 Å². The molecule has 2 aromatic rings. The van der Waals surface area contributed by atoms with E-state index in [-0.39, 0.29) is 5.16 Å². The molecule has 0 spiro atoms. The van der Waals surface area contributed by atoms with Crippen LogP contribution >= 0.6 is 11.6 Å². The van der Waals surface area contributed by atoms with Gasteiger partial charge in [-0.3, -0.25) is 0 Å². The second kappa shape index (κ2) is 8.51. The van der Waals surface area contributed by atoms with Crippen LogP contribution in [0.4, 0.5) is 22.1 Å². The molecule has 0 bridgehead atoms. The normalized spacial score (nSPS) is 15.1. The monoisotopic (exact) mass is 467 g/mol. The fourth-order valence-corrected chi connectivity index (χ4v) is 4.02. The number of aromatic nitrogens is 2. The maximum Gasteiger partial charge on any atom is 0.407 e. The van der Waals surface area contributed by atoms with Gasteiger partial charge in [-0.15, -0.1) is 0 Å². The van der Waals surface area contributed by atoms with Gasteiger partial charge in [0.1, 0.15) is 11.6 Å². The lowest BCUT2D eigenvalue weighted by Crippen LogP contribution is -2.49. The quantitative estimate of drug-likeness (QED) is 0.657. The SMILES string of the molecule is CC(C)(C)c1c(Nc2ccc(Cl)cc2)nc(S(C)(=O)=O)nc1N1CCN(C(=O)O)CC1. The average molecular weight is 468 g/mol. The highest BCUT2D eigenvalue weighted by Gasteiger charge is 2.32. The van der Waals surface area contributed by atoms with Crippen molar-refractivity contribution in [2.24, 2.45) is 0 Å². The lowest BCUT2D eigenvalue weighted by Gasteiger charge is -2.37. The molecule has 3 rings (SSSR count). The highest BCUT2D eigenvalue weighted by molar-refractivity contribution is 7.90. The van der Waals surface area contributed by atoms with Crippen molar-refractivity contribution in [1.29, 1.82) is 0 Å². The number of hydrogen-bond acceptors (Lipinski definition) is 7. The Balaban J connectivity index is 2.13. The maximum atomic E-state index is 12.3. The van der Waals surface area contributed by atoms with Gasteiger partial charge in [0.2, 0.25) is 9.84 Å². The minimum atomic E-state index is -3.69. The molecular weight excluding hydrogens is 442 g/mol. The lowest BCUT2D eigenvalue weighted by atomic mass is 9.86. The van der Waals surface area contributed by atoms with Crippen LogP contribution in [0.5, 0.6) is 0 Å². The second-order valence-corrected chi connectivity index (χ2v) is 10.8. The molecule has 0 aliphatic carbocycles. The highest BCUT2D eigenvalue weighted by atomic mass is 35.5. The van der Waals surface area contributed by atoms with Gasteiger partial charge in [0.25, 0.3) is 5.16 Å². The Bertz CT molecular complexity index is 1080. The van der Waals surface area contributed by atoms with Crippen LogP contribution in [-0.4, -0.2) is 66.9 Å². The molecule has 2 heterocycles. The second-order valence-electron chi connectivity index (χ2n) is 8.46. The van der Waals surface area contributed by atoms with Crippen molar-refractivity contribution in [3.8, 4) is 0 Å². The van der Waals surface area contributed by atoms with Gasteiger partial charge >= 0.3 is 6.09 Å². The topological polar surface area (TPSA) is 116 Å². The number of anilines is 3. The first-order valence-corrected chi connectivity index (χ1v) is 12.0. The predicted octanol–water partition coefficient (Wildman–Crippen LogP) is 3.37. The molecule has 31 heavy (non-hydrogen) atoms. The summed E-state index contributed by atoms with van der Waals surface area (Å²) < 4.78 is 24.7. The average Bonchev–Trinajstić information content (AvgIpc) is 2.67. The number of benzene rings is 1. The molecule has 1 amide bonds. The Morgan fingerprint density at radius 1 is 1.10 bits per heavy atom. The molecule has 0 unspecified atom stereocenters. The van der Waals surface area contributed by atoms with Gasteiger partial charge in [0.05, 0.1) is 0 Å². The molecule has 1 aromatic carbocycles. The van der Waals surface area contributed by atoms with Crippen molar-refractivity contribution in [3.63, 3.8) is 0 Å². The van der Waals surface area contributed by atoms with Crippen LogP contribution in [0.3, 0.4) is 0 Å². The summed E-state index contributed by atoms with van der Waals surface area (Å²) in [6.07, 6.45) is 0.0948. The van der Waals surface area contributed by atoms with E-state index in [2.05, 4.69) is 15.3 Å². The van der Waals surface area contributed by atoms with E-state index in [0.717, 1.165) is 11.8 Å². The van der Waals surface area contributed by atoms with Crippen LogP contribution in [-0.2, 0) is 15.3 Å². The van der Waals surface area contributed by atoms with Crippen molar-refractivity contribution in [2.45, 2.75) is 31.3 Å². The third-order valence-corrected chi connectivity index (χ3v) is 6.01. The molecule has 1 aliphatic heterocycles. The highest BCUT2D eigenvalue weighted by Crippen LogP contribution is 2.38. The molecule has 9 nitrogen and oxygen atoms in total. The van der Waals surface area contributed by atoms with E-state index in [1.54, 1.807) is 24.3 Å². The zero-order valence-corrected chi connectivity index (χ0v) is 19.5. The summed E-state index contributed by atoms with van der Waals surface area (Å²) in [4.78, 5) is 23.3. The molecule has 168 valence electrons. The molecule has 1 saturated heterocycles. The van der Waals surface area contributed by atoms with Gasteiger partial charge in [-0.25, -0.2) is 23.2 Å². The summed E-state index contributed by atoms with van der Waals surface area (Å²) in [5, 5.41) is 12.8. The molecule has 0 saturated carbocycles. The molecule has 1 fully saturated rings. The van der Waals surface area contributed by atoms with Gasteiger partial charge in [-0.1, -0.05) is 32.4 Å². The number of amides is 1. The van der Waals surface area contributed by atoms with Crippen molar-refractivity contribution in [2.75, 3.05) is 42.7 Å². The Morgan fingerprint density at radius 3 is 2.16 bits per heavy atom. The van der Waals surface area contributed by atoms with E-state index in [9.17, 15) is 18.3 Å². The number of nitrogens with zero attached hydrogens (tertiary/aromatic N) is 4. The van der Waals surface area contributed by atoms with Gasteiger partial charge in [0, 0.05) is 48.7 Å². The number of carboxylic acid groups (broad SMARTS) is 1. The zero-order valence-electron chi connectivity index (χ0n) is 17.9. The van der Waals surface area contributed by atoms with Crippen LogP contribution < -0.4 is 10.2 Å². The van der Waals surface area contributed by atoms with E-state index in [1.165, 1.54) is 4.90 Å². The molecule has 1 aromatic heterocycles. The summed E-state index contributed by atoms with van der Waals surface area (Å²) in [6, 6.07) is 7.02. The molecular formula is C20H26ClN5O4S. The van der Waals surface area contributed by atoms with Gasteiger partial charge in [0.15, 0.2) is 0 Å². The predicted molar refractivity (Wildman–Crippen MR) is 120 cm³/mol. The minimum absolute atomic E-state index is 0.285. The number of nitrogens with one attached hydrogen (secondary N) is 1. The van der Waals surface area contributed by atoms with E-state index in [1.807, 2.05) is 25.7 Å². The standard InChI is InChI=1S/C20H26ClN5O4S/c1-20(2,3)15-16(22-14-7-5-13(21)6-8-14)23-18(31(4,29)30)24-17(15)25-9-11-26(12-10-25)19(27)28/h5-8H,9-12H2,1-4H3,(H,27,28)(H,22,23,24). The third kappa shape index (κ3) is 5.37. The number of rotatable bonds is 4. The fourth-order valence-electron chi connectivity index (χ4n) is 3.38. The summed E-state index contributed by atoms with van der Waals surface area (Å²) in [5.41, 5.74) is 1.03. The zero-order chi connectivity index (χ0) is 23.0. The van der Waals surface area contributed by atoms with Crippen LogP contribution in [0.1, 0.15) is 26.3 Å². The van der Waals surface area contributed by atoms with Crippen LogP contribution in [0.15, 0.2) is 29.4 Å². The molecule has 0 radical (unpaired) electrons. The number of halogens is 1. The minimum Gasteiger partial charge on any atom is -0.465 e. The van der Waals surface area contributed by atoms with Crippen molar-refractivity contribution < 1.29 is 18.3 Å². The first-order valence-electron chi connectivity index (χ1n) is 9.74. The Hall–Kier alpha value is -2.59. The summed E-state index contributed by atoms with van der Waals surface area (Å²) in [7, 11) is -3.69. The number of sulfone groups is 1. The molecule has 1 aliphatic rings. The van der Waals surface area contributed by atoms with Crippen LogP contribution in [0, 0.1) is 0 Å². The number of piperazine rings is 1. The van der Waals surface area contributed by atoms with Crippen molar-refractivity contribution in [3.05, 3.63) is 34.9 Å². The Labute approximate surface area is 187 Å². The molecule has 11 heteroatoms. The maximum absolute atomic E-state index is 12.3. The Kier molecular flexibility index (Phi) is 6.33. The third-order valence-electron chi connectivity index (χ3n) is 4.91. The first kappa shape index (κ1) is 23.1. The summed E-state index contributed by atoms with van der Waals surface area (Å²) >= 11 is 5.98. The first-order chi connectivity index (χ1) is 14.4. The van der Waals surface area contributed by atoms with E-state index in [4.69, 9.17) is 11.6 Å². The van der Waals surface area contributed by atoms with Crippen LogP contribution in [0.2, 0.25) is 5.02 Å². The fraction of sp³-hybridized carbons (Fsp3) is 0.450. The van der Waals surface area contributed by atoms with E-state index in [0.29, 0.717) is 48.5 Å². The number of hydrogen-bond donors (Lipinski definition) is 2. The van der Waals surface area contributed by atoms with Gasteiger partial charge in [-0.05, 0) is 29.7 Å². The Morgan fingerprint density at radius 2 is 1.68 bits per heavy atom. The van der Waals surface area contributed by atoms with Crippen LogP contribution in [0.25, 0.3) is 0 Å². The number of carbonyl (C=O) groups is 1. The van der Waals surface area contributed by atoms with Gasteiger partial charge in [-0.2, -0.15) is 0 Å². The smallest absolute Gasteiger partial charge is 0.407 e. The largest absolute Gasteiger partial charge is 0.465 e. The van der Waals surface area contributed by atoms with E-state index >= 15 is 0 Å². The summed E-state index contributed by atoms with van der Waals surface area (Å²) in [6.45, 7) is 7.39. The van der Waals surface area contributed by atoms with Crippen molar-refractivity contribution >= 4 is 44.9 Å². The summed E-state index contributed by atoms with van der Waals surface area (Å²) in [5.74, 6) is 0.880. The molecule has 0 atom stereocenters. The van der Waals surface area contributed by atoms with E-state index < -0.39 is 21.3 Å². The lowest BCUT2D eigenvalue weighted by molar-refractivity contribution is 0.142. The van der Waals surface area contributed by atoms with Gasteiger partial charge < -0.3 is 20.2 Å².